The van der Waals surface area contributed by atoms with Crippen LogP contribution in [0.15, 0.2) is 18.3 Å². The Labute approximate surface area is 107 Å². The van der Waals surface area contributed by atoms with Crippen molar-refractivity contribution in [2.75, 3.05) is 18.5 Å². The first-order valence-corrected chi connectivity index (χ1v) is 6.58. The van der Waals surface area contributed by atoms with Gasteiger partial charge in [-0.1, -0.05) is 30.9 Å². The van der Waals surface area contributed by atoms with Crippen LogP contribution in [-0.4, -0.2) is 23.2 Å². The number of nitrogens with zero attached hydrogens (tertiary/aromatic N) is 1. The lowest BCUT2D eigenvalue weighted by Crippen LogP contribution is -2.35. The van der Waals surface area contributed by atoms with Crippen LogP contribution in [0.1, 0.15) is 32.1 Å². The molecular weight excluding hydrogens is 236 g/mol. The summed E-state index contributed by atoms with van der Waals surface area (Å²) in [5, 5.41) is 13.4. The summed E-state index contributed by atoms with van der Waals surface area (Å²) in [7, 11) is 0. The van der Waals surface area contributed by atoms with E-state index in [0.29, 0.717) is 5.15 Å². The molecule has 1 heterocycles. The molecule has 4 heteroatoms. The summed E-state index contributed by atoms with van der Waals surface area (Å²) < 4.78 is 0. The highest BCUT2D eigenvalue weighted by atomic mass is 35.5. The Bertz CT molecular complexity index is 347. The molecule has 2 N–H and O–H groups in total. The Kier molecular flexibility index (Phi) is 4.24. The van der Waals surface area contributed by atoms with E-state index < -0.39 is 0 Å². The molecule has 1 aromatic rings. The summed E-state index contributed by atoms with van der Waals surface area (Å²) in [5.74, 6) is 0. The Hall–Kier alpha value is -0.800. The predicted molar refractivity (Wildman–Crippen MR) is 70.3 cm³/mol. The van der Waals surface area contributed by atoms with Crippen LogP contribution in [0.4, 0.5) is 5.69 Å². The van der Waals surface area contributed by atoms with E-state index in [4.69, 9.17) is 11.6 Å². The van der Waals surface area contributed by atoms with Crippen LogP contribution in [0.3, 0.4) is 0 Å². The molecule has 0 radical (unpaired) electrons. The van der Waals surface area contributed by atoms with Crippen LogP contribution in [0.5, 0.6) is 0 Å². The molecule has 2 rings (SSSR count). The van der Waals surface area contributed by atoms with Crippen LogP contribution in [0.25, 0.3) is 0 Å². The van der Waals surface area contributed by atoms with Crippen LogP contribution in [0.2, 0.25) is 5.15 Å². The maximum Gasteiger partial charge on any atom is 0.129 e. The van der Waals surface area contributed by atoms with Crippen LogP contribution in [-0.2, 0) is 0 Å². The minimum absolute atomic E-state index is 0.0535. The summed E-state index contributed by atoms with van der Waals surface area (Å²) in [4.78, 5) is 4.03. The fourth-order valence-corrected chi connectivity index (χ4v) is 2.57. The minimum atomic E-state index is 0.0535. The number of halogens is 1. The Balaban J connectivity index is 1.93. The molecule has 1 fully saturated rings. The molecule has 0 saturated heterocycles. The summed E-state index contributed by atoms with van der Waals surface area (Å²) in [6.07, 6.45) is 7.69. The van der Waals surface area contributed by atoms with Gasteiger partial charge in [0.1, 0.15) is 5.15 Å². The lowest BCUT2D eigenvalue weighted by molar-refractivity contribution is 0.0944. The fraction of sp³-hybridized carbons (Fsp3) is 0.615. The number of aliphatic hydroxyl groups excluding tert-OH is 1. The molecular formula is C13H19ClN2O. The van der Waals surface area contributed by atoms with Gasteiger partial charge in [-0.2, -0.15) is 0 Å². The third-order valence-electron chi connectivity index (χ3n) is 3.64. The highest BCUT2D eigenvalue weighted by Crippen LogP contribution is 2.35. The van der Waals surface area contributed by atoms with E-state index in [0.717, 1.165) is 25.1 Å². The molecule has 0 atom stereocenters. The number of hydrogen-bond donors (Lipinski definition) is 2. The Morgan fingerprint density at radius 2 is 2.06 bits per heavy atom. The van der Waals surface area contributed by atoms with Crippen molar-refractivity contribution in [1.82, 2.24) is 4.98 Å². The summed E-state index contributed by atoms with van der Waals surface area (Å²) >= 11 is 5.74. The molecule has 1 aromatic heterocycles. The lowest BCUT2D eigenvalue weighted by Gasteiger charge is -2.35. The number of hydrogen-bond acceptors (Lipinski definition) is 3. The summed E-state index contributed by atoms with van der Waals surface area (Å²) in [5.41, 5.74) is 1.02. The fourth-order valence-electron chi connectivity index (χ4n) is 2.46. The van der Waals surface area contributed by atoms with Gasteiger partial charge < -0.3 is 10.4 Å². The molecule has 0 amide bonds. The molecule has 0 bridgehead atoms. The molecule has 1 saturated carbocycles. The summed E-state index contributed by atoms with van der Waals surface area (Å²) in [6.45, 7) is 1.08. The van der Waals surface area contributed by atoms with Gasteiger partial charge in [-0.3, -0.25) is 0 Å². The first-order valence-electron chi connectivity index (χ1n) is 6.20. The second-order valence-electron chi connectivity index (χ2n) is 4.94. The maximum absolute atomic E-state index is 9.59. The molecule has 17 heavy (non-hydrogen) atoms. The number of pyridine rings is 1. The van der Waals surface area contributed by atoms with Crippen LogP contribution >= 0.6 is 11.6 Å². The highest BCUT2D eigenvalue weighted by Gasteiger charge is 2.30. The average Bonchev–Trinajstić information content (AvgIpc) is 2.39. The normalized spacial score (nSPS) is 18.9. The van der Waals surface area contributed by atoms with Gasteiger partial charge in [0, 0.05) is 12.0 Å². The van der Waals surface area contributed by atoms with Gasteiger partial charge in [-0.05, 0) is 25.0 Å². The van der Waals surface area contributed by atoms with Gasteiger partial charge in [-0.25, -0.2) is 4.98 Å². The summed E-state index contributed by atoms with van der Waals surface area (Å²) in [6, 6.07) is 3.69. The van der Waals surface area contributed by atoms with E-state index in [1.54, 1.807) is 12.3 Å². The smallest absolute Gasteiger partial charge is 0.129 e. The van der Waals surface area contributed by atoms with E-state index in [-0.39, 0.29) is 12.0 Å². The zero-order valence-corrected chi connectivity index (χ0v) is 10.7. The number of rotatable bonds is 4. The van der Waals surface area contributed by atoms with E-state index in [1.807, 2.05) is 6.07 Å². The van der Waals surface area contributed by atoms with E-state index in [2.05, 4.69) is 10.3 Å². The van der Waals surface area contributed by atoms with Gasteiger partial charge in [-0.15, -0.1) is 0 Å². The third-order valence-corrected chi connectivity index (χ3v) is 3.87. The molecule has 0 aromatic carbocycles. The van der Waals surface area contributed by atoms with Crippen molar-refractivity contribution in [3.05, 3.63) is 23.5 Å². The molecule has 3 nitrogen and oxygen atoms in total. The molecule has 0 spiro atoms. The van der Waals surface area contributed by atoms with Crippen molar-refractivity contribution in [3.8, 4) is 0 Å². The zero-order valence-electron chi connectivity index (χ0n) is 9.95. The SMILES string of the molecule is OCC1(CNc2ccc(Cl)nc2)CCCCC1. The monoisotopic (exact) mass is 254 g/mol. The minimum Gasteiger partial charge on any atom is -0.396 e. The van der Waals surface area contributed by atoms with Crippen molar-refractivity contribution in [2.24, 2.45) is 5.41 Å². The standard InChI is InChI=1S/C13H19ClN2O/c14-12-5-4-11(8-15-12)16-9-13(10-17)6-2-1-3-7-13/h4-5,8,16-17H,1-3,6-7,9-10H2. The largest absolute Gasteiger partial charge is 0.396 e. The topological polar surface area (TPSA) is 45.1 Å². The third kappa shape index (κ3) is 3.33. The molecule has 1 aliphatic carbocycles. The highest BCUT2D eigenvalue weighted by molar-refractivity contribution is 6.29. The van der Waals surface area contributed by atoms with Gasteiger partial charge in [0.25, 0.3) is 0 Å². The van der Waals surface area contributed by atoms with Crippen LogP contribution in [0, 0.1) is 5.41 Å². The molecule has 1 aliphatic rings. The van der Waals surface area contributed by atoms with Crippen molar-refractivity contribution in [2.45, 2.75) is 32.1 Å². The predicted octanol–water partition coefficient (Wildman–Crippen LogP) is 3.09. The second kappa shape index (κ2) is 5.69. The van der Waals surface area contributed by atoms with Gasteiger partial charge in [0.15, 0.2) is 0 Å². The number of aromatic nitrogens is 1. The quantitative estimate of drug-likeness (QED) is 0.812. The first kappa shape index (κ1) is 12.7. The van der Waals surface area contributed by atoms with E-state index in [9.17, 15) is 5.11 Å². The number of aliphatic hydroxyl groups is 1. The molecule has 94 valence electrons. The van der Waals surface area contributed by atoms with Crippen molar-refractivity contribution in [3.63, 3.8) is 0 Å². The van der Waals surface area contributed by atoms with Crippen molar-refractivity contribution in [1.29, 1.82) is 0 Å². The molecule has 0 aliphatic heterocycles. The Morgan fingerprint density at radius 3 is 2.65 bits per heavy atom. The van der Waals surface area contributed by atoms with E-state index >= 15 is 0 Å². The average molecular weight is 255 g/mol. The van der Waals surface area contributed by atoms with Crippen molar-refractivity contribution < 1.29 is 5.11 Å². The molecule has 0 unspecified atom stereocenters. The Morgan fingerprint density at radius 1 is 1.29 bits per heavy atom. The number of nitrogens with one attached hydrogen (secondary N) is 1. The van der Waals surface area contributed by atoms with Crippen LogP contribution < -0.4 is 5.32 Å². The maximum atomic E-state index is 9.59. The number of anilines is 1. The lowest BCUT2D eigenvalue weighted by atomic mass is 9.74. The first-order chi connectivity index (χ1) is 8.24. The van der Waals surface area contributed by atoms with Gasteiger partial charge in [0.2, 0.25) is 0 Å². The van der Waals surface area contributed by atoms with Gasteiger partial charge >= 0.3 is 0 Å². The van der Waals surface area contributed by atoms with Gasteiger partial charge in [0.05, 0.1) is 18.5 Å². The van der Waals surface area contributed by atoms with Crippen molar-refractivity contribution >= 4 is 17.3 Å². The zero-order chi connectivity index (χ0) is 12.1. The van der Waals surface area contributed by atoms with E-state index in [1.165, 1.54) is 19.3 Å². The second-order valence-corrected chi connectivity index (χ2v) is 5.33.